The summed E-state index contributed by atoms with van der Waals surface area (Å²) in [6, 6.07) is 6.01. The predicted molar refractivity (Wildman–Crippen MR) is 72.4 cm³/mol. The normalized spacial score (nSPS) is 13.7. The molecule has 20 heavy (non-hydrogen) atoms. The van der Waals surface area contributed by atoms with Gasteiger partial charge in [0.1, 0.15) is 22.9 Å². The van der Waals surface area contributed by atoms with Crippen LogP contribution in [0.3, 0.4) is 0 Å². The minimum atomic E-state index is -1.59. The average molecular weight is 277 g/mol. The van der Waals surface area contributed by atoms with Gasteiger partial charge in [0.2, 0.25) is 0 Å². The van der Waals surface area contributed by atoms with Crippen molar-refractivity contribution in [1.29, 1.82) is 0 Å². The number of aliphatic hydroxyl groups is 1. The van der Waals surface area contributed by atoms with Crippen molar-refractivity contribution in [2.45, 2.75) is 12.5 Å². The summed E-state index contributed by atoms with van der Waals surface area (Å²) in [5.41, 5.74) is -1.10. The maximum Gasteiger partial charge on any atom is 0.137 e. The molecule has 1 heterocycles. The Morgan fingerprint density at radius 2 is 1.95 bits per heavy atom. The number of methoxy groups -OCH3 is 2. The second-order valence-corrected chi connectivity index (χ2v) is 4.50. The number of aromatic nitrogens is 1. The molecular formula is C15H16FNO3. The SMILES string of the molecule is COc1cncc(C(C)(O)c2c(F)cccc2OC)c1. The number of rotatable bonds is 4. The van der Waals surface area contributed by atoms with Gasteiger partial charge in [-0.25, -0.2) is 4.39 Å². The lowest BCUT2D eigenvalue weighted by atomic mass is 9.88. The molecule has 1 aromatic heterocycles. The zero-order chi connectivity index (χ0) is 14.8. The standard InChI is InChI=1S/C15H16FNO3/c1-15(18,10-7-11(19-2)9-17-8-10)14-12(16)5-4-6-13(14)20-3/h4-9,18H,1-3H3. The van der Waals surface area contributed by atoms with Gasteiger partial charge < -0.3 is 14.6 Å². The van der Waals surface area contributed by atoms with Crippen LogP contribution >= 0.6 is 0 Å². The molecule has 0 fully saturated rings. The Hall–Kier alpha value is -2.14. The van der Waals surface area contributed by atoms with Crippen LogP contribution in [0.1, 0.15) is 18.1 Å². The highest BCUT2D eigenvalue weighted by Crippen LogP contribution is 2.37. The molecule has 0 aliphatic carbocycles. The first-order valence-electron chi connectivity index (χ1n) is 6.05. The van der Waals surface area contributed by atoms with E-state index in [-0.39, 0.29) is 11.3 Å². The number of ether oxygens (including phenoxy) is 2. The highest BCUT2D eigenvalue weighted by Gasteiger charge is 2.33. The molecule has 0 saturated carbocycles. The summed E-state index contributed by atoms with van der Waals surface area (Å²) in [6.45, 7) is 1.49. The molecule has 0 aliphatic rings. The summed E-state index contributed by atoms with van der Waals surface area (Å²) < 4.78 is 24.3. The van der Waals surface area contributed by atoms with Gasteiger partial charge in [-0.1, -0.05) is 6.07 Å². The van der Waals surface area contributed by atoms with E-state index >= 15 is 0 Å². The Morgan fingerprint density at radius 3 is 2.60 bits per heavy atom. The van der Waals surface area contributed by atoms with Gasteiger partial charge in [-0.15, -0.1) is 0 Å². The second kappa shape index (κ2) is 5.46. The van der Waals surface area contributed by atoms with Gasteiger partial charge in [-0.2, -0.15) is 0 Å². The monoisotopic (exact) mass is 277 g/mol. The number of pyridine rings is 1. The maximum absolute atomic E-state index is 14.1. The number of benzene rings is 1. The summed E-state index contributed by atoms with van der Waals surface area (Å²) in [5.74, 6) is 0.216. The molecular weight excluding hydrogens is 261 g/mol. The molecule has 1 N–H and O–H groups in total. The Labute approximate surface area is 116 Å². The molecule has 5 heteroatoms. The lowest BCUT2D eigenvalue weighted by Gasteiger charge is -2.26. The van der Waals surface area contributed by atoms with Crippen molar-refractivity contribution in [2.75, 3.05) is 14.2 Å². The molecule has 0 saturated heterocycles. The summed E-state index contributed by atoms with van der Waals surface area (Å²) in [5, 5.41) is 10.8. The third-order valence-corrected chi connectivity index (χ3v) is 3.19. The van der Waals surface area contributed by atoms with E-state index in [1.807, 2.05) is 0 Å². The molecule has 0 bridgehead atoms. The van der Waals surface area contributed by atoms with Gasteiger partial charge in [-0.3, -0.25) is 4.98 Å². The third kappa shape index (κ3) is 2.44. The van der Waals surface area contributed by atoms with Crippen LogP contribution in [0.4, 0.5) is 4.39 Å². The topological polar surface area (TPSA) is 51.6 Å². The molecule has 0 amide bonds. The fourth-order valence-corrected chi connectivity index (χ4v) is 2.09. The lowest BCUT2D eigenvalue weighted by Crippen LogP contribution is -2.25. The van der Waals surface area contributed by atoms with Gasteiger partial charge in [-0.05, 0) is 25.1 Å². The van der Waals surface area contributed by atoms with Crippen molar-refractivity contribution in [3.05, 3.63) is 53.6 Å². The van der Waals surface area contributed by atoms with E-state index in [1.54, 1.807) is 12.1 Å². The first-order chi connectivity index (χ1) is 9.50. The van der Waals surface area contributed by atoms with Crippen LogP contribution in [0, 0.1) is 5.82 Å². The van der Waals surface area contributed by atoms with E-state index in [0.717, 1.165) is 0 Å². The predicted octanol–water partition coefficient (Wildman–Crippen LogP) is 2.49. The highest BCUT2D eigenvalue weighted by molar-refractivity contribution is 5.45. The summed E-state index contributed by atoms with van der Waals surface area (Å²) in [4.78, 5) is 3.98. The maximum atomic E-state index is 14.1. The van der Waals surface area contributed by atoms with Gasteiger partial charge in [0.05, 0.1) is 26.0 Å². The first kappa shape index (κ1) is 14.3. The Morgan fingerprint density at radius 1 is 1.20 bits per heavy atom. The molecule has 0 radical (unpaired) electrons. The van der Waals surface area contributed by atoms with Gasteiger partial charge >= 0.3 is 0 Å². The number of nitrogens with zero attached hydrogens (tertiary/aromatic N) is 1. The van der Waals surface area contributed by atoms with Crippen LogP contribution < -0.4 is 9.47 Å². The molecule has 2 aromatic rings. The van der Waals surface area contributed by atoms with Crippen molar-refractivity contribution in [2.24, 2.45) is 0 Å². The zero-order valence-corrected chi connectivity index (χ0v) is 11.6. The fourth-order valence-electron chi connectivity index (χ4n) is 2.09. The molecule has 2 rings (SSSR count). The Bertz CT molecular complexity index is 614. The van der Waals surface area contributed by atoms with E-state index < -0.39 is 11.4 Å². The van der Waals surface area contributed by atoms with E-state index in [1.165, 1.54) is 45.7 Å². The minimum Gasteiger partial charge on any atom is -0.496 e. The van der Waals surface area contributed by atoms with Crippen LogP contribution in [-0.4, -0.2) is 24.3 Å². The van der Waals surface area contributed by atoms with E-state index in [9.17, 15) is 9.50 Å². The van der Waals surface area contributed by atoms with E-state index in [2.05, 4.69) is 4.98 Å². The lowest BCUT2D eigenvalue weighted by molar-refractivity contribution is 0.0938. The number of hydrogen-bond donors (Lipinski definition) is 1. The van der Waals surface area contributed by atoms with Crippen LogP contribution in [0.15, 0.2) is 36.7 Å². The number of hydrogen-bond acceptors (Lipinski definition) is 4. The largest absolute Gasteiger partial charge is 0.496 e. The van der Waals surface area contributed by atoms with Crippen molar-refractivity contribution in [3.63, 3.8) is 0 Å². The van der Waals surface area contributed by atoms with Gasteiger partial charge in [0.15, 0.2) is 0 Å². The molecule has 106 valence electrons. The molecule has 0 aliphatic heterocycles. The second-order valence-electron chi connectivity index (χ2n) is 4.50. The summed E-state index contributed by atoms with van der Waals surface area (Å²) >= 11 is 0. The van der Waals surface area contributed by atoms with E-state index in [0.29, 0.717) is 11.3 Å². The smallest absolute Gasteiger partial charge is 0.137 e. The minimum absolute atomic E-state index is 0.0672. The quantitative estimate of drug-likeness (QED) is 0.933. The van der Waals surface area contributed by atoms with Crippen LogP contribution in [0.25, 0.3) is 0 Å². The third-order valence-electron chi connectivity index (χ3n) is 3.19. The summed E-state index contributed by atoms with van der Waals surface area (Å²) in [6.07, 6.45) is 2.98. The van der Waals surface area contributed by atoms with Gasteiger partial charge in [0, 0.05) is 11.8 Å². The first-order valence-corrected chi connectivity index (χ1v) is 6.05. The van der Waals surface area contributed by atoms with Crippen molar-refractivity contribution < 1.29 is 19.0 Å². The average Bonchev–Trinajstić information content (AvgIpc) is 2.46. The molecule has 1 atom stereocenters. The fraction of sp³-hybridized carbons (Fsp3) is 0.267. The molecule has 0 spiro atoms. The molecule has 1 aromatic carbocycles. The van der Waals surface area contributed by atoms with Crippen molar-refractivity contribution >= 4 is 0 Å². The van der Waals surface area contributed by atoms with Crippen molar-refractivity contribution in [3.8, 4) is 11.5 Å². The number of halogens is 1. The van der Waals surface area contributed by atoms with Crippen LogP contribution in [0.2, 0.25) is 0 Å². The van der Waals surface area contributed by atoms with Crippen molar-refractivity contribution in [1.82, 2.24) is 4.98 Å². The van der Waals surface area contributed by atoms with Gasteiger partial charge in [0.25, 0.3) is 0 Å². The zero-order valence-electron chi connectivity index (χ0n) is 11.6. The highest BCUT2D eigenvalue weighted by atomic mass is 19.1. The Balaban J connectivity index is 2.59. The van der Waals surface area contributed by atoms with Crippen LogP contribution in [-0.2, 0) is 5.60 Å². The van der Waals surface area contributed by atoms with E-state index in [4.69, 9.17) is 9.47 Å². The molecule has 1 unspecified atom stereocenters. The summed E-state index contributed by atoms with van der Waals surface area (Å²) in [7, 11) is 2.93. The van der Waals surface area contributed by atoms with Crippen LogP contribution in [0.5, 0.6) is 11.5 Å². The molecule has 4 nitrogen and oxygen atoms in total. The Kier molecular flexibility index (Phi) is 3.90.